The number of ether oxygens (including phenoxy) is 1. The molecule has 0 spiro atoms. The lowest BCUT2D eigenvalue weighted by molar-refractivity contribution is -0.120. The number of benzene rings is 1. The van der Waals surface area contributed by atoms with Gasteiger partial charge in [0.25, 0.3) is 11.8 Å². The second-order valence-electron chi connectivity index (χ2n) is 6.75. The van der Waals surface area contributed by atoms with Crippen LogP contribution in [-0.2, 0) is 9.59 Å². The summed E-state index contributed by atoms with van der Waals surface area (Å²) < 4.78 is 20.2. The zero-order chi connectivity index (χ0) is 16.7. The summed E-state index contributed by atoms with van der Waals surface area (Å²) in [5.74, 6) is -0.794. The Kier molecular flexibility index (Phi) is 3.87. The molecule has 0 saturated heterocycles. The Morgan fingerprint density at radius 3 is 2.21 bits per heavy atom. The van der Waals surface area contributed by atoms with Crippen LogP contribution in [0.25, 0.3) is 0 Å². The Morgan fingerprint density at radius 1 is 0.958 bits per heavy atom. The molecule has 0 atom stereocenters. The predicted octanol–water partition coefficient (Wildman–Crippen LogP) is 3.89. The van der Waals surface area contributed by atoms with E-state index in [0.29, 0.717) is 29.7 Å². The van der Waals surface area contributed by atoms with Gasteiger partial charge >= 0.3 is 0 Å². The van der Waals surface area contributed by atoms with Gasteiger partial charge in [0.1, 0.15) is 11.6 Å². The van der Waals surface area contributed by atoms with Gasteiger partial charge in [0.05, 0.1) is 11.8 Å². The number of hydrogen-bond acceptors (Lipinski definition) is 3. The fraction of sp³-hybridized carbons (Fsp3) is 0.474. The quantitative estimate of drug-likeness (QED) is 0.790. The maximum atomic E-state index is 14.3. The zero-order valence-corrected chi connectivity index (χ0v) is 13.5. The first-order valence-corrected chi connectivity index (χ1v) is 8.72. The highest BCUT2D eigenvalue weighted by Crippen LogP contribution is 2.38. The molecular weight excluding hydrogens is 309 g/mol. The van der Waals surface area contributed by atoms with Crippen LogP contribution in [0.2, 0.25) is 0 Å². The minimum atomic E-state index is -0.574. The van der Waals surface area contributed by atoms with Crippen molar-refractivity contribution in [2.45, 2.75) is 57.5 Å². The van der Waals surface area contributed by atoms with Crippen LogP contribution >= 0.6 is 0 Å². The average molecular weight is 329 g/mol. The molecule has 5 heteroatoms. The van der Waals surface area contributed by atoms with Crippen molar-refractivity contribution in [1.82, 2.24) is 0 Å². The number of nitrogens with zero attached hydrogens (tertiary/aromatic N) is 1. The average Bonchev–Trinajstić information content (AvgIpc) is 3.18. The van der Waals surface area contributed by atoms with Crippen LogP contribution in [0.3, 0.4) is 0 Å². The minimum absolute atomic E-state index is 0.00916. The molecular formula is C19H20FNO3. The summed E-state index contributed by atoms with van der Waals surface area (Å²) in [6.07, 6.45) is 7.41. The standard InChI is InChI=1S/C19H20FNO3/c20-16-10-9-13(24-12-5-1-2-6-12)11-17(16)21-18(22)14-7-3-4-8-15(14)19(21)23/h9-12H,1-8H2. The van der Waals surface area contributed by atoms with Gasteiger partial charge < -0.3 is 4.74 Å². The van der Waals surface area contributed by atoms with Crippen molar-refractivity contribution in [2.75, 3.05) is 4.90 Å². The van der Waals surface area contributed by atoms with Gasteiger partial charge in [-0.05, 0) is 63.5 Å². The number of halogens is 1. The fourth-order valence-corrected chi connectivity index (χ4v) is 3.89. The number of carbonyl (C=O) groups is 2. The predicted molar refractivity (Wildman–Crippen MR) is 87.3 cm³/mol. The van der Waals surface area contributed by atoms with Crippen LogP contribution in [0.1, 0.15) is 51.4 Å². The summed E-state index contributed by atoms with van der Waals surface area (Å²) in [7, 11) is 0. The Bertz CT molecular complexity index is 706. The molecule has 2 aliphatic carbocycles. The van der Waals surface area contributed by atoms with Crippen molar-refractivity contribution < 1.29 is 18.7 Å². The Balaban J connectivity index is 1.64. The fourth-order valence-electron chi connectivity index (χ4n) is 3.89. The van der Waals surface area contributed by atoms with Crippen molar-refractivity contribution in [3.63, 3.8) is 0 Å². The summed E-state index contributed by atoms with van der Waals surface area (Å²) >= 11 is 0. The van der Waals surface area contributed by atoms with Gasteiger partial charge in [-0.1, -0.05) is 0 Å². The number of anilines is 1. The number of hydrogen-bond donors (Lipinski definition) is 0. The molecule has 0 aromatic heterocycles. The molecule has 126 valence electrons. The number of carbonyl (C=O) groups excluding carboxylic acids is 2. The molecule has 24 heavy (non-hydrogen) atoms. The molecule has 4 rings (SSSR count). The third-order valence-electron chi connectivity index (χ3n) is 5.15. The number of imide groups is 1. The van der Waals surface area contributed by atoms with Gasteiger partial charge in [-0.15, -0.1) is 0 Å². The molecule has 4 nitrogen and oxygen atoms in total. The van der Waals surface area contributed by atoms with Crippen molar-refractivity contribution in [3.8, 4) is 5.75 Å². The molecule has 0 bridgehead atoms. The van der Waals surface area contributed by atoms with Crippen molar-refractivity contribution in [2.24, 2.45) is 0 Å². The zero-order valence-electron chi connectivity index (χ0n) is 13.5. The molecule has 1 saturated carbocycles. The van der Waals surface area contributed by atoms with Gasteiger partial charge in [0.15, 0.2) is 0 Å². The topological polar surface area (TPSA) is 46.6 Å². The lowest BCUT2D eigenvalue weighted by atomic mass is 9.93. The monoisotopic (exact) mass is 329 g/mol. The first-order valence-electron chi connectivity index (χ1n) is 8.72. The van der Waals surface area contributed by atoms with Crippen LogP contribution in [0.15, 0.2) is 29.3 Å². The van der Waals surface area contributed by atoms with Crippen LogP contribution in [0.4, 0.5) is 10.1 Å². The second-order valence-corrected chi connectivity index (χ2v) is 6.75. The summed E-state index contributed by atoms with van der Waals surface area (Å²) in [6, 6.07) is 4.33. The highest BCUT2D eigenvalue weighted by molar-refractivity contribution is 6.33. The number of amides is 2. The third kappa shape index (κ3) is 2.52. The van der Waals surface area contributed by atoms with E-state index < -0.39 is 5.82 Å². The van der Waals surface area contributed by atoms with Crippen LogP contribution < -0.4 is 9.64 Å². The van der Waals surface area contributed by atoms with Crippen LogP contribution in [0.5, 0.6) is 5.75 Å². The Labute approximate surface area is 140 Å². The summed E-state index contributed by atoms with van der Waals surface area (Å²) in [5.41, 5.74) is 1.13. The van der Waals surface area contributed by atoms with Gasteiger partial charge in [-0.3, -0.25) is 9.59 Å². The highest BCUT2D eigenvalue weighted by Gasteiger charge is 2.40. The lowest BCUT2D eigenvalue weighted by Gasteiger charge is -2.19. The van der Waals surface area contributed by atoms with E-state index in [1.54, 1.807) is 6.07 Å². The molecule has 3 aliphatic rings. The summed E-state index contributed by atoms with van der Waals surface area (Å²) in [6.45, 7) is 0. The third-order valence-corrected chi connectivity index (χ3v) is 5.15. The van der Waals surface area contributed by atoms with E-state index in [0.717, 1.165) is 43.4 Å². The van der Waals surface area contributed by atoms with Gasteiger partial charge in [-0.2, -0.15) is 0 Å². The van der Waals surface area contributed by atoms with E-state index in [4.69, 9.17) is 4.74 Å². The molecule has 0 N–H and O–H groups in total. The highest BCUT2D eigenvalue weighted by atomic mass is 19.1. The van der Waals surface area contributed by atoms with E-state index in [-0.39, 0.29) is 23.6 Å². The Morgan fingerprint density at radius 2 is 1.58 bits per heavy atom. The van der Waals surface area contributed by atoms with Crippen molar-refractivity contribution in [3.05, 3.63) is 35.2 Å². The lowest BCUT2D eigenvalue weighted by Crippen LogP contribution is -2.32. The molecule has 1 aliphatic heterocycles. The summed E-state index contributed by atoms with van der Waals surface area (Å²) in [4.78, 5) is 26.2. The van der Waals surface area contributed by atoms with Crippen LogP contribution in [-0.4, -0.2) is 17.9 Å². The molecule has 0 radical (unpaired) electrons. The SMILES string of the molecule is O=C1C2=C(CCCC2)C(=O)N1c1cc(OC2CCCC2)ccc1F. The maximum Gasteiger partial charge on any atom is 0.261 e. The normalized spacial score (nSPS) is 21.6. The van der Waals surface area contributed by atoms with E-state index >= 15 is 0 Å². The van der Waals surface area contributed by atoms with Gasteiger partial charge in [-0.25, -0.2) is 9.29 Å². The van der Waals surface area contributed by atoms with Crippen LogP contribution in [0, 0.1) is 5.82 Å². The molecule has 0 unspecified atom stereocenters. The van der Waals surface area contributed by atoms with Gasteiger partial charge in [0.2, 0.25) is 0 Å². The molecule has 1 heterocycles. The minimum Gasteiger partial charge on any atom is -0.490 e. The maximum absolute atomic E-state index is 14.3. The van der Waals surface area contributed by atoms with E-state index in [9.17, 15) is 14.0 Å². The summed E-state index contributed by atoms with van der Waals surface area (Å²) in [5, 5.41) is 0. The first-order chi connectivity index (χ1) is 11.6. The van der Waals surface area contributed by atoms with Crippen molar-refractivity contribution in [1.29, 1.82) is 0 Å². The molecule has 1 fully saturated rings. The van der Waals surface area contributed by atoms with E-state index in [2.05, 4.69) is 0 Å². The Hall–Kier alpha value is -2.17. The van der Waals surface area contributed by atoms with E-state index in [1.807, 2.05) is 0 Å². The number of rotatable bonds is 3. The van der Waals surface area contributed by atoms with Crippen molar-refractivity contribution >= 4 is 17.5 Å². The second kappa shape index (κ2) is 6.04. The molecule has 1 aromatic carbocycles. The first kappa shape index (κ1) is 15.4. The largest absolute Gasteiger partial charge is 0.490 e. The molecule has 2 amide bonds. The van der Waals surface area contributed by atoms with Gasteiger partial charge in [0, 0.05) is 17.2 Å². The van der Waals surface area contributed by atoms with E-state index in [1.165, 1.54) is 12.1 Å². The smallest absolute Gasteiger partial charge is 0.261 e. The molecule has 1 aromatic rings.